The topological polar surface area (TPSA) is 84.5 Å². The summed E-state index contributed by atoms with van der Waals surface area (Å²) in [7, 11) is 0. The summed E-state index contributed by atoms with van der Waals surface area (Å²) < 4.78 is 4.89. The standard InChI is InChI=1S/C12H22N2O4/c1-6-18-12(17)10(7(2)3)14-11(16)8(4)13-9(5)15/h7-8,10H,6H2,1-5H3,(H,13,15)(H,14,16)/t8-,10-/m0/s1. The van der Waals surface area contributed by atoms with Gasteiger partial charge in [0, 0.05) is 6.92 Å². The number of carbonyl (C=O) groups is 3. The molecule has 0 aromatic heterocycles. The van der Waals surface area contributed by atoms with E-state index in [2.05, 4.69) is 10.6 Å². The summed E-state index contributed by atoms with van der Waals surface area (Å²) >= 11 is 0. The second kappa shape index (κ2) is 7.68. The highest BCUT2D eigenvalue weighted by Gasteiger charge is 2.27. The van der Waals surface area contributed by atoms with Crippen molar-refractivity contribution in [3.63, 3.8) is 0 Å². The first-order chi connectivity index (χ1) is 8.29. The van der Waals surface area contributed by atoms with Crippen LogP contribution in [0.15, 0.2) is 0 Å². The fraction of sp³-hybridized carbons (Fsp3) is 0.750. The van der Waals surface area contributed by atoms with Crippen LogP contribution in [0.5, 0.6) is 0 Å². The highest BCUT2D eigenvalue weighted by molar-refractivity contribution is 5.90. The molecule has 0 spiro atoms. The molecule has 2 atom stereocenters. The molecule has 6 heteroatoms. The summed E-state index contributed by atoms with van der Waals surface area (Å²) in [6.07, 6.45) is 0. The van der Waals surface area contributed by atoms with Gasteiger partial charge in [-0.25, -0.2) is 4.79 Å². The lowest BCUT2D eigenvalue weighted by Crippen LogP contribution is -2.52. The average molecular weight is 258 g/mol. The Morgan fingerprint density at radius 1 is 1.11 bits per heavy atom. The van der Waals surface area contributed by atoms with Gasteiger partial charge in [-0.2, -0.15) is 0 Å². The molecule has 0 heterocycles. The summed E-state index contributed by atoms with van der Waals surface area (Å²) in [5.41, 5.74) is 0. The number of rotatable bonds is 6. The normalized spacial score (nSPS) is 13.7. The van der Waals surface area contributed by atoms with E-state index in [1.807, 2.05) is 13.8 Å². The molecule has 0 unspecified atom stereocenters. The van der Waals surface area contributed by atoms with Crippen LogP contribution in [0.25, 0.3) is 0 Å². The van der Waals surface area contributed by atoms with Crippen molar-refractivity contribution in [1.82, 2.24) is 10.6 Å². The molecule has 0 aromatic carbocycles. The molecule has 2 N–H and O–H groups in total. The lowest BCUT2D eigenvalue weighted by Gasteiger charge is -2.22. The summed E-state index contributed by atoms with van der Waals surface area (Å²) in [4.78, 5) is 34.2. The Bertz CT molecular complexity index is 315. The van der Waals surface area contributed by atoms with Crippen LogP contribution in [0.3, 0.4) is 0 Å². The maximum absolute atomic E-state index is 11.8. The summed E-state index contributed by atoms with van der Waals surface area (Å²) in [6, 6.07) is -1.38. The van der Waals surface area contributed by atoms with Gasteiger partial charge in [0.05, 0.1) is 6.61 Å². The van der Waals surface area contributed by atoms with Gasteiger partial charge in [0.15, 0.2) is 0 Å². The van der Waals surface area contributed by atoms with E-state index >= 15 is 0 Å². The van der Waals surface area contributed by atoms with Crippen molar-refractivity contribution in [3.8, 4) is 0 Å². The van der Waals surface area contributed by atoms with Gasteiger partial charge in [0.25, 0.3) is 0 Å². The molecule has 2 amide bonds. The minimum absolute atomic E-state index is 0.0856. The Morgan fingerprint density at radius 2 is 1.67 bits per heavy atom. The van der Waals surface area contributed by atoms with Crippen molar-refractivity contribution >= 4 is 17.8 Å². The number of carbonyl (C=O) groups excluding carboxylic acids is 3. The SMILES string of the molecule is CCOC(=O)[C@@H](NC(=O)[C@H](C)NC(C)=O)C(C)C. The molecule has 0 aromatic rings. The third-order valence-corrected chi connectivity index (χ3v) is 2.32. The second-order valence-electron chi connectivity index (χ2n) is 4.40. The van der Waals surface area contributed by atoms with Gasteiger partial charge in [-0.1, -0.05) is 13.8 Å². The Balaban J connectivity index is 4.54. The van der Waals surface area contributed by atoms with E-state index in [0.29, 0.717) is 0 Å². The first-order valence-corrected chi connectivity index (χ1v) is 6.03. The van der Waals surface area contributed by atoms with Crippen LogP contribution in [0.2, 0.25) is 0 Å². The summed E-state index contributed by atoms with van der Waals surface area (Å²) in [5, 5.41) is 5.03. The maximum Gasteiger partial charge on any atom is 0.328 e. The zero-order chi connectivity index (χ0) is 14.3. The highest BCUT2D eigenvalue weighted by atomic mass is 16.5. The number of esters is 1. The molecular weight excluding hydrogens is 236 g/mol. The van der Waals surface area contributed by atoms with Crippen molar-refractivity contribution in [2.75, 3.05) is 6.61 Å². The van der Waals surface area contributed by atoms with Crippen molar-refractivity contribution in [3.05, 3.63) is 0 Å². The van der Waals surface area contributed by atoms with Gasteiger partial charge in [-0.05, 0) is 19.8 Å². The Labute approximate surface area is 107 Å². The maximum atomic E-state index is 11.8. The Morgan fingerprint density at radius 3 is 2.06 bits per heavy atom. The van der Waals surface area contributed by atoms with Gasteiger partial charge in [-0.15, -0.1) is 0 Å². The molecule has 0 radical (unpaired) electrons. The van der Waals surface area contributed by atoms with Crippen molar-refractivity contribution in [2.45, 2.75) is 46.7 Å². The molecule has 0 aliphatic rings. The molecule has 0 aliphatic carbocycles. The van der Waals surface area contributed by atoms with E-state index in [-0.39, 0.29) is 18.4 Å². The summed E-state index contributed by atoms with van der Waals surface area (Å²) in [6.45, 7) is 8.47. The zero-order valence-electron chi connectivity index (χ0n) is 11.6. The van der Waals surface area contributed by atoms with Crippen LogP contribution in [0.4, 0.5) is 0 Å². The molecule has 6 nitrogen and oxygen atoms in total. The van der Waals surface area contributed by atoms with Crippen molar-refractivity contribution in [1.29, 1.82) is 0 Å². The predicted molar refractivity (Wildman–Crippen MR) is 66.7 cm³/mol. The van der Waals surface area contributed by atoms with Crippen molar-refractivity contribution < 1.29 is 19.1 Å². The quantitative estimate of drug-likeness (QED) is 0.667. The molecular formula is C12H22N2O4. The first kappa shape index (κ1) is 16.4. The average Bonchev–Trinajstić information content (AvgIpc) is 2.24. The zero-order valence-corrected chi connectivity index (χ0v) is 11.6. The van der Waals surface area contributed by atoms with Crippen LogP contribution >= 0.6 is 0 Å². The molecule has 0 aliphatic heterocycles. The number of hydrogen-bond acceptors (Lipinski definition) is 4. The number of hydrogen-bond donors (Lipinski definition) is 2. The monoisotopic (exact) mass is 258 g/mol. The van der Waals surface area contributed by atoms with Gasteiger partial charge in [0.1, 0.15) is 12.1 Å². The predicted octanol–water partition coefficient (Wildman–Crippen LogP) is 0.215. The van der Waals surface area contributed by atoms with E-state index in [0.717, 1.165) is 0 Å². The molecule has 0 saturated heterocycles. The van der Waals surface area contributed by atoms with Crippen LogP contribution in [-0.2, 0) is 19.1 Å². The summed E-state index contributed by atoms with van der Waals surface area (Å²) in [5.74, 6) is -1.25. The van der Waals surface area contributed by atoms with Crippen LogP contribution in [0, 0.1) is 5.92 Å². The van der Waals surface area contributed by atoms with E-state index in [1.165, 1.54) is 6.92 Å². The van der Waals surface area contributed by atoms with E-state index in [9.17, 15) is 14.4 Å². The molecule has 0 saturated carbocycles. The lowest BCUT2D eigenvalue weighted by molar-refractivity contribution is -0.148. The van der Waals surface area contributed by atoms with Crippen LogP contribution < -0.4 is 10.6 Å². The fourth-order valence-electron chi connectivity index (χ4n) is 1.38. The highest BCUT2D eigenvalue weighted by Crippen LogP contribution is 2.04. The Kier molecular flexibility index (Phi) is 7.00. The number of ether oxygens (including phenoxy) is 1. The van der Waals surface area contributed by atoms with Crippen molar-refractivity contribution in [2.24, 2.45) is 5.92 Å². The van der Waals surface area contributed by atoms with Crippen LogP contribution in [-0.4, -0.2) is 36.5 Å². The van der Waals surface area contributed by atoms with Gasteiger partial charge in [-0.3, -0.25) is 9.59 Å². The molecule has 0 rings (SSSR count). The third-order valence-electron chi connectivity index (χ3n) is 2.32. The van der Waals surface area contributed by atoms with Gasteiger partial charge >= 0.3 is 5.97 Å². The van der Waals surface area contributed by atoms with Crippen LogP contribution in [0.1, 0.15) is 34.6 Å². The smallest absolute Gasteiger partial charge is 0.328 e. The minimum atomic E-state index is -0.700. The molecule has 18 heavy (non-hydrogen) atoms. The Hall–Kier alpha value is -1.59. The third kappa shape index (κ3) is 5.65. The minimum Gasteiger partial charge on any atom is -0.464 e. The molecule has 104 valence electrons. The van der Waals surface area contributed by atoms with Gasteiger partial charge in [0.2, 0.25) is 11.8 Å². The first-order valence-electron chi connectivity index (χ1n) is 6.03. The van der Waals surface area contributed by atoms with Gasteiger partial charge < -0.3 is 15.4 Å². The number of nitrogens with one attached hydrogen (secondary N) is 2. The molecule has 0 fully saturated rings. The van der Waals surface area contributed by atoms with E-state index in [4.69, 9.17) is 4.74 Å². The largest absolute Gasteiger partial charge is 0.464 e. The number of amides is 2. The van der Waals surface area contributed by atoms with E-state index in [1.54, 1.807) is 13.8 Å². The fourth-order valence-corrected chi connectivity index (χ4v) is 1.38. The molecule has 0 bridgehead atoms. The second-order valence-corrected chi connectivity index (χ2v) is 4.40. The van der Waals surface area contributed by atoms with E-state index < -0.39 is 24.0 Å². The lowest BCUT2D eigenvalue weighted by atomic mass is 10.0.